The van der Waals surface area contributed by atoms with Crippen LogP contribution in [0.2, 0.25) is 0 Å². The molecule has 0 unspecified atom stereocenters. The molecule has 0 fully saturated rings. The van der Waals surface area contributed by atoms with Crippen molar-refractivity contribution in [3.05, 3.63) is 24.4 Å². The van der Waals surface area contributed by atoms with Crippen LogP contribution in [0.5, 0.6) is 0 Å². The summed E-state index contributed by atoms with van der Waals surface area (Å²) in [5, 5.41) is 0. The van der Waals surface area contributed by atoms with E-state index in [9.17, 15) is 0 Å². The van der Waals surface area contributed by atoms with Crippen LogP contribution in [0, 0.1) is 0 Å². The highest BCUT2D eigenvalue weighted by molar-refractivity contribution is 7.83. The van der Waals surface area contributed by atoms with E-state index in [0.717, 1.165) is 21.0 Å². The molecule has 2 nitrogen and oxygen atoms in total. The van der Waals surface area contributed by atoms with Crippen LogP contribution in [0.3, 0.4) is 0 Å². The molecule has 0 radical (unpaired) electrons. The summed E-state index contributed by atoms with van der Waals surface area (Å²) in [6.07, 6.45) is 1.74. The minimum atomic E-state index is 0.855. The van der Waals surface area contributed by atoms with Gasteiger partial charge in [-0.2, -0.15) is 8.75 Å². The molecule has 2 rings (SSSR count). The van der Waals surface area contributed by atoms with Crippen molar-refractivity contribution in [1.29, 1.82) is 0 Å². The normalized spacial score (nSPS) is 10.3. The Morgan fingerprint density at radius 1 is 1.15 bits per heavy atom. The van der Waals surface area contributed by atoms with Crippen LogP contribution < -0.4 is 0 Å². The molecule has 1 aromatic carbocycles. The minimum absolute atomic E-state index is 0.855. The Hall–Kier alpha value is -0.520. The van der Waals surface area contributed by atoms with Gasteiger partial charge in [0.1, 0.15) is 5.69 Å². The van der Waals surface area contributed by atoms with Gasteiger partial charge in [-0.15, -0.1) is 25.3 Å². The Morgan fingerprint density at radius 3 is 2.62 bits per heavy atom. The van der Waals surface area contributed by atoms with E-state index < -0.39 is 0 Å². The van der Waals surface area contributed by atoms with Gasteiger partial charge in [-0.25, -0.2) is 0 Å². The summed E-state index contributed by atoms with van der Waals surface area (Å²) < 4.78 is 8.07. The molecule has 0 bridgehead atoms. The molecule has 0 aliphatic rings. The molecule has 0 saturated carbocycles. The number of aromatic nitrogens is 2. The van der Waals surface area contributed by atoms with Crippen molar-refractivity contribution in [3.8, 4) is 11.3 Å². The minimum Gasteiger partial charge on any atom is -0.181 e. The van der Waals surface area contributed by atoms with E-state index in [1.807, 2.05) is 18.2 Å². The summed E-state index contributed by atoms with van der Waals surface area (Å²) in [5.41, 5.74) is 1.91. The lowest BCUT2D eigenvalue weighted by molar-refractivity contribution is 1.26. The standard InChI is InChI=1S/C8H6N2S3/c11-7-2-1-5(3-8(7)12)6-4-9-13-10-6/h1-4,11-12H. The molecule has 0 amide bonds. The Bertz CT molecular complexity index is 411. The fourth-order valence-electron chi connectivity index (χ4n) is 0.975. The molecule has 0 spiro atoms. The molecular weight excluding hydrogens is 220 g/mol. The monoisotopic (exact) mass is 226 g/mol. The van der Waals surface area contributed by atoms with Crippen molar-refractivity contribution < 1.29 is 0 Å². The zero-order valence-corrected chi connectivity index (χ0v) is 9.11. The van der Waals surface area contributed by atoms with Crippen LogP contribution in [-0.2, 0) is 0 Å². The topological polar surface area (TPSA) is 25.8 Å². The lowest BCUT2D eigenvalue weighted by Crippen LogP contribution is -1.78. The third kappa shape index (κ3) is 1.87. The molecule has 2 aromatic rings. The van der Waals surface area contributed by atoms with Crippen molar-refractivity contribution in [1.82, 2.24) is 8.75 Å². The number of hydrogen-bond acceptors (Lipinski definition) is 5. The second-order valence-electron chi connectivity index (χ2n) is 2.50. The van der Waals surface area contributed by atoms with Crippen molar-refractivity contribution in [2.45, 2.75) is 9.79 Å². The van der Waals surface area contributed by atoms with Crippen molar-refractivity contribution in [2.24, 2.45) is 0 Å². The Labute approximate surface area is 91.2 Å². The molecule has 0 aliphatic carbocycles. The summed E-state index contributed by atoms with van der Waals surface area (Å²) in [4.78, 5) is 1.73. The molecule has 1 heterocycles. The largest absolute Gasteiger partial charge is 0.181 e. The van der Waals surface area contributed by atoms with Gasteiger partial charge in [-0.3, -0.25) is 0 Å². The highest BCUT2D eigenvalue weighted by Crippen LogP contribution is 2.25. The molecule has 66 valence electrons. The Balaban J connectivity index is 2.49. The van der Waals surface area contributed by atoms with Crippen LogP contribution in [0.1, 0.15) is 0 Å². The van der Waals surface area contributed by atoms with E-state index in [4.69, 9.17) is 0 Å². The van der Waals surface area contributed by atoms with Gasteiger partial charge in [0.15, 0.2) is 0 Å². The number of rotatable bonds is 1. The van der Waals surface area contributed by atoms with Crippen molar-refractivity contribution >= 4 is 37.0 Å². The zero-order chi connectivity index (χ0) is 9.26. The van der Waals surface area contributed by atoms with Gasteiger partial charge >= 0.3 is 0 Å². The van der Waals surface area contributed by atoms with Crippen LogP contribution in [0.25, 0.3) is 11.3 Å². The summed E-state index contributed by atoms with van der Waals surface area (Å²) in [6, 6.07) is 5.79. The number of benzene rings is 1. The van der Waals surface area contributed by atoms with E-state index in [0.29, 0.717) is 0 Å². The first-order valence-corrected chi connectivity index (χ1v) is 5.20. The van der Waals surface area contributed by atoms with Gasteiger partial charge in [-0.05, 0) is 12.1 Å². The molecule has 13 heavy (non-hydrogen) atoms. The quantitative estimate of drug-likeness (QED) is 0.731. The first-order chi connectivity index (χ1) is 6.27. The maximum Gasteiger partial charge on any atom is 0.104 e. The number of hydrogen-bond donors (Lipinski definition) is 2. The molecule has 0 N–H and O–H groups in total. The highest BCUT2D eigenvalue weighted by atomic mass is 32.1. The average molecular weight is 226 g/mol. The molecule has 5 heteroatoms. The summed E-state index contributed by atoms with van der Waals surface area (Å²) >= 11 is 9.71. The predicted octanol–water partition coefficient (Wildman–Crippen LogP) is 2.78. The van der Waals surface area contributed by atoms with E-state index in [1.165, 1.54) is 11.7 Å². The third-order valence-corrected chi connectivity index (χ3v) is 3.05. The van der Waals surface area contributed by atoms with Crippen molar-refractivity contribution in [3.63, 3.8) is 0 Å². The molecule has 0 atom stereocenters. The van der Waals surface area contributed by atoms with E-state index >= 15 is 0 Å². The average Bonchev–Trinajstić information content (AvgIpc) is 2.62. The van der Waals surface area contributed by atoms with Crippen LogP contribution in [-0.4, -0.2) is 8.75 Å². The van der Waals surface area contributed by atoms with Gasteiger partial charge < -0.3 is 0 Å². The summed E-state index contributed by atoms with van der Waals surface area (Å²) in [5.74, 6) is 0. The fourth-order valence-corrected chi connectivity index (χ4v) is 1.76. The summed E-state index contributed by atoms with van der Waals surface area (Å²) in [7, 11) is 0. The predicted molar refractivity (Wildman–Crippen MR) is 59.8 cm³/mol. The van der Waals surface area contributed by atoms with E-state index in [2.05, 4.69) is 34.0 Å². The maximum absolute atomic E-state index is 4.28. The van der Waals surface area contributed by atoms with Crippen LogP contribution in [0.4, 0.5) is 0 Å². The smallest absolute Gasteiger partial charge is 0.104 e. The first kappa shape index (κ1) is 9.05. The molecular formula is C8H6N2S3. The zero-order valence-electron chi connectivity index (χ0n) is 6.51. The maximum atomic E-state index is 4.28. The lowest BCUT2D eigenvalue weighted by Gasteiger charge is -1.99. The highest BCUT2D eigenvalue weighted by Gasteiger charge is 2.02. The molecule has 1 aromatic heterocycles. The van der Waals surface area contributed by atoms with Gasteiger partial charge in [0.25, 0.3) is 0 Å². The van der Waals surface area contributed by atoms with E-state index in [-0.39, 0.29) is 0 Å². The summed E-state index contributed by atoms with van der Waals surface area (Å²) in [6.45, 7) is 0. The molecule has 0 saturated heterocycles. The second kappa shape index (κ2) is 3.69. The van der Waals surface area contributed by atoms with Gasteiger partial charge in [0, 0.05) is 15.4 Å². The van der Waals surface area contributed by atoms with E-state index in [1.54, 1.807) is 6.20 Å². The first-order valence-electron chi connectivity index (χ1n) is 3.57. The van der Waals surface area contributed by atoms with Crippen molar-refractivity contribution in [2.75, 3.05) is 0 Å². The van der Waals surface area contributed by atoms with Gasteiger partial charge in [-0.1, -0.05) is 6.07 Å². The number of nitrogens with zero attached hydrogens (tertiary/aromatic N) is 2. The SMILES string of the molecule is Sc1ccc(-c2cnsn2)cc1S. The second-order valence-corrected chi connectivity index (χ2v) is 4.02. The van der Waals surface area contributed by atoms with Gasteiger partial charge in [0.05, 0.1) is 17.9 Å². The van der Waals surface area contributed by atoms with Crippen LogP contribution in [0.15, 0.2) is 34.2 Å². The van der Waals surface area contributed by atoms with Gasteiger partial charge in [0.2, 0.25) is 0 Å². The number of thiol groups is 2. The molecule has 0 aliphatic heterocycles. The van der Waals surface area contributed by atoms with Crippen LogP contribution >= 0.6 is 37.0 Å². The third-order valence-electron chi connectivity index (χ3n) is 1.63. The lowest BCUT2D eigenvalue weighted by atomic mass is 10.2. The Morgan fingerprint density at radius 2 is 2.00 bits per heavy atom. The fraction of sp³-hybridized carbons (Fsp3) is 0. The Kier molecular flexibility index (Phi) is 2.57.